The Balaban J connectivity index is 1.58. The van der Waals surface area contributed by atoms with E-state index in [1.165, 1.54) is 18.4 Å². The van der Waals surface area contributed by atoms with Gasteiger partial charge in [-0.3, -0.25) is 9.59 Å². The molecule has 1 aromatic heterocycles. The van der Waals surface area contributed by atoms with Crippen LogP contribution in [0.15, 0.2) is 77.4 Å². The van der Waals surface area contributed by atoms with Gasteiger partial charge in [-0.15, -0.1) is 0 Å². The van der Waals surface area contributed by atoms with E-state index in [1.807, 2.05) is 37.3 Å². The maximum Gasteiger partial charge on any atom is 0.340 e. The first-order valence-corrected chi connectivity index (χ1v) is 9.00. The van der Waals surface area contributed by atoms with Crippen LogP contribution in [0.1, 0.15) is 39.4 Å². The second kappa shape index (κ2) is 9.36. The maximum atomic E-state index is 12.4. The van der Waals surface area contributed by atoms with Crippen LogP contribution in [0.2, 0.25) is 0 Å². The molecule has 1 atom stereocenters. The first kappa shape index (κ1) is 19.9. The molecule has 3 aromatic rings. The zero-order valence-electron chi connectivity index (χ0n) is 15.8. The van der Waals surface area contributed by atoms with E-state index in [1.54, 1.807) is 24.3 Å². The summed E-state index contributed by atoms with van der Waals surface area (Å²) in [5.74, 6) is -1.53. The van der Waals surface area contributed by atoms with Crippen molar-refractivity contribution in [3.63, 3.8) is 0 Å². The van der Waals surface area contributed by atoms with E-state index >= 15 is 0 Å². The maximum absolute atomic E-state index is 12.4. The van der Waals surface area contributed by atoms with Crippen LogP contribution in [-0.4, -0.2) is 24.4 Å². The number of esters is 1. The Morgan fingerprint density at radius 1 is 0.966 bits per heavy atom. The van der Waals surface area contributed by atoms with Crippen molar-refractivity contribution in [3.05, 3.63) is 89.9 Å². The second-order valence-electron chi connectivity index (χ2n) is 6.25. The number of carbonyl (C=O) groups excluding carboxylic acids is 3. The largest absolute Gasteiger partial charge is 0.459 e. The summed E-state index contributed by atoms with van der Waals surface area (Å²) in [5.41, 5.74) is 1.34. The Labute approximate surface area is 167 Å². The molecule has 0 radical (unpaired) electrons. The molecule has 0 saturated carbocycles. The van der Waals surface area contributed by atoms with Crippen molar-refractivity contribution in [1.82, 2.24) is 5.32 Å². The van der Waals surface area contributed by atoms with Crippen molar-refractivity contribution in [2.24, 2.45) is 0 Å². The number of amides is 2. The van der Waals surface area contributed by atoms with Gasteiger partial charge < -0.3 is 19.8 Å². The Kier molecular flexibility index (Phi) is 6.42. The summed E-state index contributed by atoms with van der Waals surface area (Å²) in [6.45, 7) is 1.41. The van der Waals surface area contributed by atoms with Gasteiger partial charge in [0.2, 0.25) is 0 Å². The Hall–Kier alpha value is -3.87. The van der Waals surface area contributed by atoms with Crippen molar-refractivity contribution in [3.8, 4) is 0 Å². The summed E-state index contributed by atoms with van der Waals surface area (Å²) in [5, 5.41) is 5.37. The molecule has 0 fully saturated rings. The molecule has 2 amide bonds. The molecule has 1 unspecified atom stereocenters. The lowest BCUT2D eigenvalue weighted by atomic mass is 10.1. The lowest BCUT2D eigenvalue weighted by Crippen LogP contribution is -2.31. The molecule has 3 rings (SSSR count). The summed E-state index contributed by atoms with van der Waals surface area (Å²) < 4.78 is 10.2. The number of benzene rings is 2. The van der Waals surface area contributed by atoms with Crippen LogP contribution >= 0.6 is 0 Å². The molecule has 29 heavy (non-hydrogen) atoms. The van der Waals surface area contributed by atoms with E-state index in [0.717, 1.165) is 5.56 Å². The number of carbonyl (C=O) groups is 3. The lowest BCUT2D eigenvalue weighted by molar-refractivity contribution is -0.124. The van der Waals surface area contributed by atoms with Gasteiger partial charge in [-0.2, -0.15) is 0 Å². The van der Waals surface area contributed by atoms with Crippen LogP contribution in [-0.2, 0) is 9.53 Å². The van der Waals surface area contributed by atoms with Crippen molar-refractivity contribution >= 4 is 23.5 Å². The highest BCUT2D eigenvalue weighted by atomic mass is 16.5. The topological polar surface area (TPSA) is 97.6 Å². The highest BCUT2D eigenvalue weighted by Gasteiger charge is 2.18. The lowest BCUT2D eigenvalue weighted by Gasteiger charge is -2.15. The number of rotatable bonds is 7. The van der Waals surface area contributed by atoms with Crippen molar-refractivity contribution in [2.45, 2.75) is 13.0 Å². The Morgan fingerprint density at radius 2 is 1.69 bits per heavy atom. The molecule has 7 heteroatoms. The Bertz CT molecular complexity index is 983. The first-order valence-electron chi connectivity index (χ1n) is 9.00. The van der Waals surface area contributed by atoms with Crippen LogP contribution < -0.4 is 10.6 Å². The summed E-state index contributed by atoms with van der Waals surface area (Å²) in [6.07, 6.45) is 1.38. The predicted molar refractivity (Wildman–Crippen MR) is 106 cm³/mol. The monoisotopic (exact) mass is 392 g/mol. The zero-order valence-corrected chi connectivity index (χ0v) is 15.8. The van der Waals surface area contributed by atoms with Crippen LogP contribution in [0.3, 0.4) is 0 Å². The third-order valence-corrected chi connectivity index (χ3v) is 4.15. The molecular formula is C22H20N2O5. The molecule has 2 N–H and O–H groups in total. The number of para-hydroxylation sites is 1. The summed E-state index contributed by atoms with van der Waals surface area (Å²) in [7, 11) is 0. The molecule has 148 valence electrons. The molecule has 1 heterocycles. The van der Waals surface area contributed by atoms with E-state index in [9.17, 15) is 14.4 Å². The first-order chi connectivity index (χ1) is 14.0. The average molecular weight is 392 g/mol. The van der Waals surface area contributed by atoms with E-state index < -0.39 is 24.4 Å². The van der Waals surface area contributed by atoms with Gasteiger partial charge in [0.25, 0.3) is 11.8 Å². The second-order valence-corrected chi connectivity index (χ2v) is 6.25. The minimum Gasteiger partial charge on any atom is -0.459 e. The van der Waals surface area contributed by atoms with Gasteiger partial charge >= 0.3 is 5.97 Å². The summed E-state index contributed by atoms with van der Waals surface area (Å²) >= 11 is 0. The number of hydrogen-bond acceptors (Lipinski definition) is 5. The average Bonchev–Trinajstić information content (AvgIpc) is 3.28. The van der Waals surface area contributed by atoms with Gasteiger partial charge in [0, 0.05) is 0 Å². The molecule has 0 aliphatic heterocycles. The number of nitrogens with one attached hydrogen (secondary N) is 2. The fourth-order valence-electron chi connectivity index (χ4n) is 2.68. The molecule has 0 aliphatic rings. The number of hydrogen-bond donors (Lipinski definition) is 2. The summed E-state index contributed by atoms with van der Waals surface area (Å²) in [4.78, 5) is 36.7. The molecule has 0 bridgehead atoms. The van der Waals surface area contributed by atoms with Crippen LogP contribution in [0.4, 0.5) is 5.69 Å². The third kappa shape index (κ3) is 5.32. The number of anilines is 1. The third-order valence-electron chi connectivity index (χ3n) is 4.15. The molecule has 0 saturated heterocycles. The minimum absolute atomic E-state index is 0.113. The molecule has 7 nitrogen and oxygen atoms in total. The molecule has 0 spiro atoms. The van der Waals surface area contributed by atoms with Gasteiger partial charge in [-0.05, 0) is 36.8 Å². The van der Waals surface area contributed by atoms with Gasteiger partial charge in [0.15, 0.2) is 12.4 Å². The molecular weight excluding hydrogens is 372 g/mol. The standard InChI is InChI=1S/C22H20N2O5/c1-15(16-8-3-2-4-9-16)23-20(25)14-29-22(27)17-10-5-6-11-18(17)24-21(26)19-12-7-13-28-19/h2-13,15H,14H2,1H3,(H,23,25)(H,24,26). The van der Waals surface area contributed by atoms with Crippen molar-refractivity contribution in [1.29, 1.82) is 0 Å². The SMILES string of the molecule is CC(NC(=O)COC(=O)c1ccccc1NC(=O)c1ccco1)c1ccccc1. The van der Waals surface area contributed by atoms with E-state index in [2.05, 4.69) is 10.6 Å². The van der Waals surface area contributed by atoms with Gasteiger partial charge in [-0.1, -0.05) is 42.5 Å². The zero-order chi connectivity index (χ0) is 20.6. The summed E-state index contributed by atoms with van der Waals surface area (Å²) in [6, 6.07) is 18.7. The molecule has 2 aromatic carbocycles. The highest BCUT2D eigenvalue weighted by Crippen LogP contribution is 2.18. The number of ether oxygens (including phenoxy) is 1. The van der Waals surface area contributed by atoms with Crippen molar-refractivity contribution < 1.29 is 23.5 Å². The van der Waals surface area contributed by atoms with Gasteiger partial charge in [-0.25, -0.2) is 4.79 Å². The van der Waals surface area contributed by atoms with Gasteiger partial charge in [0.05, 0.1) is 23.6 Å². The Morgan fingerprint density at radius 3 is 2.41 bits per heavy atom. The van der Waals surface area contributed by atoms with E-state index in [0.29, 0.717) is 0 Å². The minimum atomic E-state index is -0.720. The van der Waals surface area contributed by atoms with Crippen LogP contribution in [0, 0.1) is 0 Å². The normalized spacial score (nSPS) is 11.3. The number of furan rings is 1. The fourth-order valence-corrected chi connectivity index (χ4v) is 2.68. The van der Waals surface area contributed by atoms with Crippen LogP contribution in [0.5, 0.6) is 0 Å². The highest BCUT2D eigenvalue weighted by molar-refractivity contribution is 6.06. The fraction of sp³-hybridized carbons (Fsp3) is 0.136. The smallest absolute Gasteiger partial charge is 0.340 e. The molecule has 0 aliphatic carbocycles. The van der Waals surface area contributed by atoms with E-state index in [4.69, 9.17) is 9.15 Å². The van der Waals surface area contributed by atoms with Crippen LogP contribution in [0.25, 0.3) is 0 Å². The van der Waals surface area contributed by atoms with Crippen molar-refractivity contribution in [2.75, 3.05) is 11.9 Å². The van der Waals surface area contributed by atoms with E-state index in [-0.39, 0.29) is 23.1 Å². The van der Waals surface area contributed by atoms with Gasteiger partial charge in [0.1, 0.15) is 0 Å². The quantitative estimate of drug-likeness (QED) is 0.599. The predicted octanol–water partition coefficient (Wildman–Crippen LogP) is 3.57.